The Morgan fingerprint density at radius 2 is 2.22 bits per heavy atom. The van der Waals surface area contributed by atoms with Crippen LogP contribution in [-0.4, -0.2) is 30.7 Å². The first-order valence-electron chi connectivity index (χ1n) is 5.82. The molecule has 1 unspecified atom stereocenters. The van der Waals surface area contributed by atoms with Crippen molar-refractivity contribution in [3.8, 4) is 0 Å². The maximum absolute atomic E-state index is 10.9. The molecule has 4 nitrogen and oxygen atoms in total. The highest BCUT2D eigenvalue weighted by Crippen LogP contribution is 2.13. The first-order chi connectivity index (χ1) is 8.77. The summed E-state index contributed by atoms with van der Waals surface area (Å²) in [7, 11) is 0. The van der Waals surface area contributed by atoms with Crippen LogP contribution in [0.25, 0.3) is 0 Å². The number of nitrogens with one attached hydrogen (secondary N) is 1. The van der Waals surface area contributed by atoms with Crippen molar-refractivity contribution in [3.63, 3.8) is 0 Å². The summed E-state index contributed by atoms with van der Waals surface area (Å²) >= 11 is 1.59. The Balaban J connectivity index is 0.000000184. The highest BCUT2D eigenvalue weighted by atomic mass is 32.2. The first-order valence-corrected chi connectivity index (χ1v) is 6.80. The van der Waals surface area contributed by atoms with Crippen molar-refractivity contribution in [1.29, 1.82) is 0 Å². The van der Waals surface area contributed by atoms with Crippen LogP contribution in [0.1, 0.15) is 23.7 Å². The molecule has 18 heavy (non-hydrogen) atoms. The summed E-state index contributed by atoms with van der Waals surface area (Å²) in [5, 5.41) is 0. The van der Waals surface area contributed by atoms with Crippen molar-refractivity contribution in [2.45, 2.75) is 19.4 Å². The summed E-state index contributed by atoms with van der Waals surface area (Å²) in [5.74, 6) is 0.885. The summed E-state index contributed by atoms with van der Waals surface area (Å²) < 4.78 is 7.79. The molecule has 0 aromatic heterocycles. The van der Waals surface area contributed by atoms with Crippen molar-refractivity contribution in [3.05, 3.63) is 35.9 Å². The van der Waals surface area contributed by atoms with Crippen LogP contribution in [0, 0.1) is 0 Å². The van der Waals surface area contributed by atoms with E-state index in [0.29, 0.717) is 6.61 Å². The third kappa shape index (κ3) is 5.33. The fourth-order valence-electron chi connectivity index (χ4n) is 1.34. The predicted molar refractivity (Wildman–Crippen MR) is 72.5 cm³/mol. The molecule has 2 rings (SSSR count). The van der Waals surface area contributed by atoms with Crippen LogP contribution in [-0.2, 0) is 9.53 Å². The molecule has 0 spiro atoms. The summed E-state index contributed by atoms with van der Waals surface area (Å²) in [6.07, 6.45) is 1.73. The summed E-state index contributed by atoms with van der Waals surface area (Å²) in [6, 6.07) is 9.03. The van der Waals surface area contributed by atoms with E-state index in [1.807, 2.05) is 25.1 Å². The number of esters is 1. The van der Waals surface area contributed by atoms with Crippen molar-refractivity contribution in [1.82, 2.24) is 4.72 Å². The van der Waals surface area contributed by atoms with Crippen LogP contribution in [0.15, 0.2) is 30.3 Å². The summed E-state index contributed by atoms with van der Waals surface area (Å²) in [4.78, 5) is 21.0. The second-order valence-electron chi connectivity index (χ2n) is 3.59. The average molecular weight is 267 g/mol. The van der Waals surface area contributed by atoms with Crippen LogP contribution in [0.5, 0.6) is 0 Å². The van der Waals surface area contributed by atoms with E-state index in [9.17, 15) is 9.59 Å². The molecule has 1 atom stereocenters. The third-order valence-electron chi connectivity index (χ3n) is 2.24. The van der Waals surface area contributed by atoms with E-state index in [2.05, 4.69) is 4.72 Å². The van der Waals surface area contributed by atoms with Gasteiger partial charge in [-0.15, -0.1) is 0 Å². The summed E-state index contributed by atoms with van der Waals surface area (Å²) in [5.41, 5.74) is 0.729. The van der Waals surface area contributed by atoms with Gasteiger partial charge >= 0.3 is 5.97 Å². The van der Waals surface area contributed by atoms with E-state index in [1.165, 1.54) is 0 Å². The Morgan fingerprint density at radius 3 is 2.67 bits per heavy atom. The SMILES string of the molecule is CCOC(=O)C1CCSN1.O=Cc1ccccc1. The van der Waals surface area contributed by atoms with Gasteiger partial charge in [0.25, 0.3) is 0 Å². The number of carbonyl (C=O) groups is 2. The molecule has 1 aliphatic heterocycles. The lowest BCUT2D eigenvalue weighted by atomic mass is 10.2. The molecule has 0 radical (unpaired) electrons. The lowest BCUT2D eigenvalue weighted by Crippen LogP contribution is -2.29. The molecule has 1 aromatic carbocycles. The molecule has 1 fully saturated rings. The second-order valence-corrected chi connectivity index (χ2v) is 4.52. The molecule has 1 aromatic rings. The van der Waals surface area contributed by atoms with Gasteiger partial charge in [0, 0.05) is 11.3 Å². The van der Waals surface area contributed by atoms with Gasteiger partial charge in [0.1, 0.15) is 12.3 Å². The van der Waals surface area contributed by atoms with Gasteiger partial charge < -0.3 is 4.74 Å². The van der Waals surface area contributed by atoms with E-state index >= 15 is 0 Å². The van der Waals surface area contributed by atoms with Crippen LogP contribution in [0.4, 0.5) is 0 Å². The van der Waals surface area contributed by atoms with E-state index in [4.69, 9.17) is 4.74 Å². The third-order valence-corrected chi connectivity index (χ3v) is 3.13. The van der Waals surface area contributed by atoms with Crippen molar-refractivity contribution < 1.29 is 14.3 Å². The quantitative estimate of drug-likeness (QED) is 0.516. The zero-order valence-electron chi connectivity index (χ0n) is 10.3. The smallest absolute Gasteiger partial charge is 0.324 e. The average Bonchev–Trinajstić information content (AvgIpc) is 2.95. The lowest BCUT2D eigenvalue weighted by Gasteiger charge is -2.06. The Labute approximate surface area is 111 Å². The standard InChI is InChI=1S/C7H6O.C6H11NO2S/c8-6-7-4-2-1-3-5-7;1-2-9-6(8)5-3-4-10-7-5/h1-6H;5,7H,2-4H2,1H3. The minimum absolute atomic E-state index is 0.0649. The molecule has 1 N–H and O–H groups in total. The van der Waals surface area contributed by atoms with Gasteiger partial charge in [-0.2, -0.15) is 0 Å². The Bertz CT molecular complexity index is 364. The van der Waals surface area contributed by atoms with Gasteiger partial charge in [-0.25, -0.2) is 4.72 Å². The number of rotatable bonds is 3. The van der Waals surface area contributed by atoms with Gasteiger partial charge in [-0.3, -0.25) is 9.59 Å². The Hall–Kier alpha value is -1.33. The fourth-order valence-corrected chi connectivity index (χ4v) is 2.22. The molecule has 1 heterocycles. The van der Waals surface area contributed by atoms with Crippen LogP contribution < -0.4 is 4.72 Å². The van der Waals surface area contributed by atoms with Crippen molar-refractivity contribution in [2.24, 2.45) is 0 Å². The Morgan fingerprint density at radius 1 is 1.50 bits per heavy atom. The number of ether oxygens (including phenoxy) is 1. The maximum Gasteiger partial charge on any atom is 0.324 e. The second kappa shape index (κ2) is 8.72. The number of hydrogen-bond donors (Lipinski definition) is 1. The molecular weight excluding hydrogens is 250 g/mol. The number of benzene rings is 1. The highest BCUT2D eigenvalue weighted by molar-refractivity contribution is 7.97. The van der Waals surface area contributed by atoms with Gasteiger partial charge in [0.2, 0.25) is 0 Å². The largest absolute Gasteiger partial charge is 0.465 e. The van der Waals surface area contributed by atoms with Gasteiger partial charge in [-0.1, -0.05) is 42.3 Å². The molecule has 1 aliphatic rings. The zero-order chi connectivity index (χ0) is 13.2. The topological polar surface area (TPSA) is 55.4 Å². The molecule has 0 bridgehead atoms. The fraction of sp³-hybridized carbons (Fsp3) is 0.385. The van der Waals surface area contributed by atoms with E-state index in [-0.39, 0.29) is 12.0 Å². The highest BCUT2D eigenvalue weighted by Gasteiger charge is 2.23. The predicted octanol–water partition coefficient (Wildman–Crippen LogP) is 2.06. The minimum Gasteiger partial charge on any atom is -0.465 e. The summed E-state index contributed by atoms with van der Waals surface area (Å²) in [6.45, 7) is 2.29. The van der Waals surface area contributed by atoms with Gasteiger partial charge in [0.15, 0.2) is 0 Å². The molecule has 98 valence electrons. The normalized spacial score (nSPS) is 17.5. The van der Waals surface area contributed by atoms with Gasteiger partial charge in [0.05, 0.1) is 6.61 Å². The molecule has 1 saturated heterocycles. The monoisotopic (exact) mass is 267 g/mol. The molecule has 0 amide bonds. The van der Waals surface area contributed by atoms with E-state index < -0.39 is 0 Å². The number of aldehydes is 1. The van der Waals surface area contributed by atoms with Crippen LogP contribution in [0.3, 0.4) is 0 Å². The maximum atomic E-state index is 10.9. The first kappa shape index (κ1) is 14.7. The van der Waals surface area contributed by atoms with Crippen molar-refractivity contribution >= 4 is 24.2 Å². The van der Waals surface area contributed by atoms with E-state index in [1.54, 1.807) is 24.1 Å². The van der Waals surface area contributed by atoms with E-state index in [0.717, 1.165) is 24.0 Å². The molecular formula is C13H17NO3S. The Kier molecular flexibility index (Phi) is 7.13. The zero-order valence-corrected chi connectivity index (χ0v) is 11.1. The molecule has 5 heteroatoms. The van der Waals surface area contributed by atoms with Crippen LogP contribution in [0.2, 0.25) is 0 Å². The molecule has 0 saturated carbocycles. The number of hydrogen-bond acceptors (Lipinski definition) is 5. The molecule has 0 aliphatic carbocycles. The minimum atomic E-state index is -0.118. The van der Waals surface area contributed by atoms with Crippen LogP contribution >= 0.6 is 11.9 Å². The number of carbonyl (C=O) groups excluding carboxylic acids is 2. The van der Waals surface area contributed by atoms with Crippen molar-refractivity contribution in [2.75, 3.05) is 12.4 Å². The van der Waals surface area contributed by atoms with Gasteiger partial charge in [-0.05, 0) is 13.3 Å². The lowest BCUT2D eigenvalue weighted by molar-refractivity contribution is -0.144.